The SMILES string of the molecule is NC1CC(CNC(=O)C2COCCO2)C1. The number of hydrogen-bond donors (Lipinski definition) is 2. The van der Waals surface area contributed by atoms with Gasteiger partial charge in [0, 0.05) is 12.6 Å². The van der Waals surface area contributed by atoms with Crippen molar-refractivity contribution in [3.05, 3.63) is 0 Å². The Morgan fingerprint density at radius 1 is 1.40 bits per heavy atom. The van der Waals surface area contributed by atoms with Crippen LogP contribution in [0.25, 0.3) is 0 Å². The van der Waals surface area contributed by atoms with E-state index in [0.717, 1.165) is 12.8 Å². The zero-order valence-electron chi connectivity index (χ0n) is 8.78. The third-order valence-corrected chi connectivity index (χ3v) is 2.95. The summed E-state index contributed by atoms with van der Waals surface area (Å²) < 4.78 is 10.4. The van der Waals surface area contributed by atoms with Crippen molar-refractivity contribution in [2.24, 2.45) is 11.7 Å². The van der Waals surface area contributed by atoms with E-state index in [1.165, 1.54) is 0 Å². The monoisotopic (exact) mass is 214 g/mol. The number of carbonyl (C=O) groups excluding carboxylic acids is 1. The first kappa shape index (κ1) is 10.9. The molecule has 86 valence electrons. The third kappa shape index (κ3) is 2.90. The van der Waals surface area contributed by atoms with E-state index in [9.17, 15) is 4.79 Å². The van der Waals surface area contributed by atoms with Gasteiger partial charge in [0.1, 0.15) is 0 Å². The van der Waals surface area contributed by atoms with E-state index in [1.807, 2.05) is 0 Å². The van der Waals surface area contributed by atoms with Gasteiger partial charge in [-0.15, -0.1) is 0 Å². The minimum atomic E-state index is -0.424. The van der Waals surface area contributed by atoms with Gasteiger partial charge in [0.05, 0.1) is 19.8 Å². The van der Waals surface area contributed by atoms with Crippen molar-refractivity contribution in [3.63, 3.8) is 0 Å². The lowest BCUT2D eigenvalue weighted by molar-refractivity contribution is -0.147. The molecular weight excluding hydrogens is 196 g/mol. The average Bonchev–Trinajstić information content (AvgIpc) is 2.23. The van der Waals surface area contributed by atoms with E-state index in [2.05, 4.69) is 5.32 Å². The number of nitrogens with two attached hydrogens (primary N) is 1. The first-order valence-electron chi connectivity index (χ1n) is 5.48. The molecule has 0 aromatic rings. The molecule has 1 heterocycles. The number of ether oxygens (including phenoxy) is 2. The zero-order chi connectivity index (χ0) is 10.7. The zero-order valence-corrected chi connectivity index (χ0v) is 8.78. The Bertz CT molecular complexity index is 223. The molecule has 1 amide bonds. The molecule has 5 nitrogen and oxygen atoms in total. The van der Waals surface area contributed by atoms with E-state index < -0.39 is 6.10 Å². The molecule has 2 aliphatic rings. The van der Waals surface area contributed by atoms with Gasteiger partial charge in [-0.3, -0.25) is 4.79 Å². The molecule has 3 N–H and O–H groups in total. The van der Waals surface area contributed by atoms with E-state index in [1.54, 1.807) is 0 Å². The number of nitrogens with one attached hydrogen (secondary N) is 1. The second-order valence-electron chi connectivity index (χ2n) is 4.28. The normalized spacial score (nSPS) is 35.7. The van der Waals surface area contributed by atoms with Crippen LogP contribution in [0.1, 0.15) is 12.8 Å². The van der Waals surface area contributed by atoms with Crippen LogP contribution >= 0.6 is 0 Å². The molecule has 1 unspecified atom stereocenters. The lowest BCUT2D eigenvalue weighted by Gasteiger charge is -2.33. The Labute approximate surface area is 89.3 Å². The fourth-order valence-corrected chi connectivity index (χ4v) is 1.95. The van der Waals surface area contributed by atoms with E-state index >= 15 is 0 Å². The molecule has 1 aliphatic heterocycles. The number of carbonyl (C=O) groups is 1. The van der Waals surface area contributed by atoms with Gasteiger partial charge in [-0.05, 0) is 18.8 Å². The van der Waals surface area contributed by atoms with Crippen molar-refractivity contribution in [1.82, 2.24) is 5.32 Å². The molecule has 1 saturated carbocycles. The molecule has 1 saturated heterocycles. The summed E-state index contributed by atoms with van der Waals surface area (Å²) >= 11 is 0. The first-order chi connectivity index (χ1) is 7.25. The van der Waals surface area contributed by atoms with Crippen LogP contribution in [0.2, 0.25) is 0 Å². The van der Waals surface area contributed by atoms with Crippen LogP contribution in [0.5, 0.6) is 0 Å². The van der Waals surface area contributed by atoms with Crippen molar-refractivity contribution in [2.75, 3.05) is 26.4 Å². The average molecular weight is 214 g/mol. The predicted molar refractivity (Wildman–Crippen MR) is 54.3 cm³/mol. The Morgan fingerprint density at radius 3 is 2.80 bits per heavy atom. The fraction of sp³-hybridized carbons (Fsp3) is 0.900. The first-order valence-corrected chi connectivity index (χ1v) is 5.48. The minimum absolute atomic E-state index is 0.0600. The largest absolute Gasteiger partial charge is 0.376 e. The Morgan fingerprint density at radius 2 is 2.20 bits per heavy atom. The van der Waals surface area contributed by atoms with Gasteiger partial charge in [-0.2, -0.15) is 0 Å². The van der Waals surface area contributed by atoms with Crippen molar-refractivity contribution in [2.45, 2.75) is 25.0 Å². The highest BCUT2D eigenvalue weighted by molar-refractivity contribution is 5.80. The maximum atomic E-state index is 11.6. The summed E-state index contributed by atoms with van der Waals surface area (Å²) in [4.78, 5) is 11.6. The molecule has 1 atom stereocenters. The molecule has 5 heteroatoms. The molecule has 1 aliphatic carbocycles. The van der Waals surface area contributed by atoms with Crippen LogP contribution in [-0.4, -0.2) is 44.4 Å². The molecular formula is C10H18N2O3. The second kappa shape index (κ2) is 4.92. The van der Waals surface area contributed by atoms with Gasteiger partial charge in [-0.1, -0.05) is 0 Å². The quantitative estimate of drug-likeness (QED) is 0.648. The maximum absolute atomic E-state index is 11.6. The number of rotatable bonds is 3. The molecule has 2 fully saturated rings. The fourth-order valence-electron chi connectivity index (χ4n) is 1.95. The van der Waals surface area contributed by atoms with Gasteiger partial charge < -0.3 is 20.5 Å². The van der Waals surface area contributed by atoms with Crippen LogP contribution in [0, 0.1) is 5.92 Å². The number of amides is 1. The van der Waals surface area contributed by atoms with E-state index in [-0.39, 0.29) is 5.91 Å². The van der Waals surface area contributed by atoms with Crippen LogP contribution in [0.4, 0.5) is 0 Å². The van der Waals surface area contributed by atoms with Gasteiger partial charge in [-0.25, -0.2) is 0 Å². The number of hydrogen-bond acceptors (Lipinski definition) is 4. The standard InChI is InChI=1S/C10H18N2O3/c11-8-3-7(4-8)5-12-10(13)9-6-14-1-2-15-9/h7-9H,1-6,11H2,(H,12,13). The minimum Gasteiger partial charge on any atom is -0.376 e. The Kier molecular flexibility index (Phi) is 3.56. The summed E-state index contributed by atoms with van der Waals surface area (Å²) in [5.74, 6) is 0.489. The lowest BCUT2D eigenvalue weighted by atomic mass is 9.81. The smallest absolute Gasteiger partial charge is 0.251 e. The maximum Gasteiger partial charge on any atom is 0.251 e. The summed E-state index contributed by atoms with van der Waals surface area (Å²) in [7, 11) is 0. The molecule has 15 heavy (non-hydrogen) atoms. The third-order valence-electron chi connectivity index (χ3n) is 2.95. The second-order valence-corrected chi connectivity index (χ2v) is 4.28. The van der Waals surface area contributed by atoms with Crippen molar-refractivity contribution in [3.8, 4) is 0 Å². The topological polar surface area (TPSA) is 73.6 Å². The summed E-state index contributed by atoms with van der Waals surface area (Å²) in [6.45, 7) is 2.18. The van der Waals surface area contributed by atoms with Crippen LogP contribution < -0.4 is 11.1 Å². The molecule has 0 spiro atoms. The van der Waals surface area contributed by atoms with Crippen molar-refractivity contribution < 1.29 is 14.3 Å². The highest BCUT2D eigenvalue weighted by Crippen LogP contribution is 2.24. The molecule has 2 rings (SSSR count). The van der Waals surface area contributed by atoms with Gasteiger partial charge in [0.2, 0.25) is 0 Å². The molecule has 0 aromatic heterocycles. The van der Waals surface area contributed by atoms with Gasteiger partial charge >= 0.3 is 0 Å². The van der Waals surface area contributed by atoms with Gasteiger partial charge in [0.25, 0.3) is 5.91 Å². The van der Waals surface area contributed by atoms with Gasteiger partial charge in [0.15, 0.2) is 6.10 Å². The molecule has 0 aromatic carbocycles. The summed E-state index contributed by atoms with van der Waals surface area (Å²) in [6.07, 6.45) is 1.61. The van der Waals surface area contributed by atoms with Crippen molar-refractivity contribution >= 4 is 5.91 Å². The predicted octanol–water partition coefficient (Wildman–Crippen LogP) is -0.745. The van der Waals surface area contributed by atoms with Crippen LogP contribution in [0.15, 0.2) is 0 Å². The highest BCUT2D eigenvalue weighted by Gasteiger charge is 2.28. The van der Waals surface area contributed by atoms with Crippen LogP contribution in [-0.2, 0) is 14.3 Å². The Balaban J connectivity index is 1.63. The molecule has 0 bridgehead atoms. The summed E-state index contributed by atoms with van der Waals surface area (Å²) in [5, 5.41) is 2.88. The lowest BCUT2D eigenvalue weighted by Crippen LogP contribution is -2.47. The highest BCUT2D eigenvalue weighted by atomic mass is 16.6. The summed E-state index contributed by atoms with van der Waals surface area (Å²) in [5.41, 5.74) is 5.66. The van der Waals surface area contributed by atoms with E-state index in [0.29, 0.717) is 38.3 Å². The summed E-state index contributed by atoms with van der Waals surface area (Å²) in [6, 6.07) is 0.334. The van der Waals surface area contributed by atoms with Crippen LogP contribution in [0.3, 0.4) is 0 Å². The van der Waals surface area contributed by atoms with Crippen molar-refractivity contribution in [1.29, 1.82) is 0 Å². The van der Waals surface area contributed by atoms with E-state index in [4.69, 9.17) is 15.2 Å². The molecule has 0 radical (unpaired) electrons. The Hall–Kier alpha value is -0.650.